The second-order valence-corrected chi connectivity index (χ2v) is 10.6. The Balaban J connectivity index is 1.17. The highest BCUT2D eigenvalue weighted by Crippen LogP contribution is 2.34. The SMILES string of the molecule is COc1c(C(=O)O)cnn1-c1cccc(C2=CCCC(C)=C2OCc2ccc3c(c2)CN(CC2COCCO2)C3)n1. The van der Waals surface area contributed by atoms with Crippen LogP contribution in [0.3, 0.4) is 0 Å². The number of carbonyl (C=O) groups is 1. The van der Waals surface area contributed by atoms with E-state index in [2.05, 4.69) is 41.2 Å². The number of carboxylic acids is 1. The monoisotopic (exact) mass is 558 g/mol. The molecule has 10 nitrogen and oxygen atoms in total. The third-order valence-electron chi connectivity index (χ3n) is 7.66. The van der Waals surface area contributed by atoms with E-state index in [4.69, 9.17) is 23.9 Å². The Kier molecular flexibility index (Phi) is 7.86. The second kappa shape index (κ2) is 11.9. The molecular weight excluding hydrogens is 524 g/mol. The highest BCUT2D eigenvalue weighted by Gasteiger charge is 2.25. The fraction of sp³-hybridized carbons (Fsp3) is 0.387. The van der Waals surface area contributed by atoms with E-state index < -0.39 is 5.97 Å². The summed E-state index contributed by atoms with van der Waals surface area (Å²) in [4.78, 5) is 18.8. The first-order chi connectivity index (χ1) is 20.0. The minimum Gasteiger partial charge on any atom is -0.488 e. The predicted molar refractivity (Wildman–Crippen MR) is 151 cm³/mol. The van der Waals surface area contributed by atoms with E-state index in [0.29, 0.717) is 32.2 Å². The number of aromatic carboxylic acids is 1. The number of allylic oxidation sites excluding steroid dienone is 3. The number of ether oxygens (including phenoxy) is 4. The van der Waals surface area contributed by atoms with E-state index in [1.807, 2.05) is 12.1 Å². The molecule has 2 aliphatic heterocycles. The van der Waals surface area contributed by atoms with Crippen LogP contribution in [0.15, 0.2) is 60.0 Å². The Morgan fingerprint density at radius 3 is 2.85 bits per heavy atom. The van der Waals surface area contributed by atoms with Crippen molar-refractivity contribution in [2.24, 2.45) is 0 Å². The van der Waals surface area contributed by atoms with Crippen LogP contribution in [0.2, 0.25) is 0 Å². The van der Waals surface area contributed by atoms with Crippen molar-refractivity contribution in [2.75, 3.05) is 33.5 Å². The number of benzene rings is 1. The summed E-state index contributed by atoms with van der Waals surface area (Å²) in [6, 6.07) is 12.2. The van der Waals surface area contributed by atoms with E-state index in [1.165, 1.54) is 34.7 Å². The molecule has 1 fully saturated rings. The number of methoxy groups -OCH3 is 1. The van der Waals surface area contributed by atoms with Gasteiger partial charge in [-0.3, -0.25) is 4.90 Å². The van der Waals surface area contributed by atoms with Crippen molar-refractivity contribution in [3.05, 3.63) is 88.0 Å². The quantitative estimate of drug-likeness (QED) is 0.410. The third kappa shape index (κ3) is 5.76. The molecule has 10 heteroatoms. The maximum atomic E-state index is 11.6. The molecule has 1 aromatic carbocycles. The van der Waals surface area contributed by atoms with Crippen LogP contribution in [0, 0.1) is 0 Å². The topological polar surface area (TPSA) is 108 Å². The molecule has 3 aromatic rings. The smallest absolute Gasteiger partial charge is 0.342 e. The van der Waals surface area contributed by atoms with Gasteiger partial charge in [-0.15, -0.1) is 0 Å². The zero-order valence-corrected chi connectivity index (χ0v) is 23.3. The van der Waals surface area contributed by atoms with Crippen molar-refractivity contribution in [1.82, 2.24) is 19.7 Å². The number of hydrogen-bond donors (Lipinski definition) is 1. The molecule has 0 radical (unpaired) electrons. The molecule has 0 saturated carbocycles. The molecule has 0 spiro atoms. The second-order valence-electron chi connectivity index (χ2n) is 10.6. The van der Waals surface area contributed by atoms with Gasteiger partial charge in [0.05, 0.1) is 44.9 Å². The molecule has 0 bridgehead atoms. The van der Waals surface area contributed by atoms with Gasteiger partial charge < -0.3 is 24.1 Å². The van der Waals surface area contributed by atoms with Gasteiger partial charge in [0.25, 0.3) is 0 Å². The maximum Gasteiger partial charge on any atom is 0.342 e. The fourth-order valence-corrected chi connectivity index (χ4v) is 5.65. The average Bonchev–Trinajstić information content (AvgIpc) is 3.60. The summed E-state index contributed by atoms with van der Waals surface area (Å²) in [5.41, 5.74) is 6.59. The van der Waals surface area contributed by atoms with Crippen molar-refractivity contribution in [1.29, 1.82) is 0 Å². The molecule has 1 atom stereocenters. The highest BCUT2D eigenvalue weighted by atomic mass is 16.6. The Labute approximate surface area is 238 Å². The van der Waals surface area contributed by atoms with Gasteiger partial charge in [0.1, 0.15) is 17.9 Å². The molecule has 1 saturated heterocycles. The van der Waals surface area contributed by atoms with Crippen LogP contribution >= 0.6 is 0 Å². The van der Waals surface area contributed by atoms with Crippen LogP contribution in [0.5, 0.6) is 5.88 Å². The van der Waals surface area contributed by atoms with Gasteiger partial charge in [0, 0.05) is 25.2 Å². The summed E-state index contributed by atoms with van der Waals surface area (Å²) in [6.07, 6.45) is 5.35. The van der Waals surface area contributed by atoms with Crippen molar-refractivity contribution < 1.29 is 28.8 Å². The van der Waals surface area contributed by atoms with Crippen molar-refractivity contribution in [3.8, 4) is 11.7 Å². The summed E-state index contributed by atoms with van der Waals surface area (Å²) >= 11 is 0. The molecule has 41 heavy (non-hydrogen) atoms. The van der Waals surface area contributed by atoms with Crippen molar-refractivity contribution in [2.45, 2.75) is 45.6 Å². The Morgan fingerprint density at radius 1 is 1.17 bits per heavy atom. The minimum atomic E-state index is -1.11. The van der Waals surface area contributed by atoms with Gasteiger partial charge in [-0.2, -0.15) is 9.78 Å². The standard InChI is InChI=1S/C31H34N4O6/c1-20-5-3-6-25(27-7-4-8-28(33-27)35-30(38-2)26(14-32-35)31(36)37)29(20)41-18-21-9-10-22-15-34(16-23(22)13-21)17-24-19-39-11-12-40-24/h4,6-10,13-14,24H,3,5,11-12,15-19H2,1-2H3,(H,36,37). The van der Waals surface area contributed by atoms with Crippen LogP contribution in [0.4, 0.5) is 0 Å². The summed E-state index contributed by atoms with van der Waals surface area (Å²) in [5.74, 6) is 0.304. The van der Waals surface area contributed by atoms with Crippen LogP contribution < -0.4 is 4.74 Å². The van der Waals surface area contributed by atoms with Gasteiger partial charge >= 0.3 is 5.97 Å². The zero-order chi connectivity index (χ0) is 28.3. The average molecular weight is 559 g/mol. The van der Waals surface area contributed by atoms with Crippen LogP contribution in [-0.2, 0) is 33.9 Å². The van der Waals surface area contributed by atoms with E-state index in [9.17, 15) is 9.90 Å². The third-order valence-corrected chi connectivity index (χ3v) is 7.66. The summed E-state index contributed by atoms with van der Waals surface area (Å²) in [7, 11) is 1.42. The number of hydrogen-bond acceptors (Lipinski definition) is 8. The summed E-state index contributed by atoms with van der Waals surface area (Å²) in [5, 5.41) is 13.7. The van der Waals surface area contributed by atoms with Gasteiger partial charge in [0.2, 0.25) is 5.88 Å². The molecule has 3 aliphatic rings. The fourth-order valence-electron chi connectivity index (χ4n) is 5.65. The number of fused-ring (bicyclic) bond motifs is 1. The highest BCUT2D eigenvalue weighted by molar-refractivity contribution is 5.90. The van der Waals surface area contributed by atoms with Gasteiger partial charge in [-0.1, -0.05) is 30.3 Å². The lowest BCUT2D eigenvalue weighted by molar-refractivity contribution is -0.0980. The molecule has 6 rings (SSSR count). The largest absolute Gasteiger partial charge is 0.488 e. The predicted octanol–water partition coefficient (Wildman–Crippen LogP) is 4.37. The van der Waals surface area contributed by atoms with Gasteiger partial charge in [-0.05, 0) is 54.2 Å². The Hall–Kier alpha value is -3.99. The van der Waals surface area contributed by atoms with Gasteiger partial charge in [-0.25, -0.2) is 9.78 Å². The molecule has 1 N–H and O–H groups in total. The molecule has 214 valence electrons. The van der Waals surface area contributed by atoms with E-state index in [-0.39, 0.29) is 17.5 Å². The Bertz CT molecular complexity index is 1500. The van der Waals surface area contributed by atoms with Crippen molar-refractivity contribution in [3.63, 3.8) is 0 Å². The van der Waals surface area contributed by atoms with Gasteiger partial charge in [0.15, 0.2) is 5.82 Å². The van der Waals surface area contributed by atoms with Crippen LogP contribution in [0.1, 0.15) is 52.5 Å². The first-order valence-electron chi connectivity index (χ1n) is 13.9. The lowest BCUT2D eigenvalue weighted by atomic mass is 9.96. The molecule has 4 heterocycles. The summed E-state index contributed by atoms with van der Waals surface area (Å²) < 4.78 is 24.6. The lowest BCUT2D eigenvalue weighted by Crippen LogP contribution is -2.37. The first kappa shape index (κ1) is 27.2. The maximum absolute atomic E-state index is 11.6. The van der Waals surface area contributed by atoms with E-state index >= 15 is 0 Å². The van der Waals surface area contributed by atoms with E-state index in [0.717, 1.165) is 55.1 Å². The lowest BCUT2D eigenvalue weighted by Gasteiger charge is -2.27. The number of aromatic nitrogens is 3. The number of nitrogens with zero attached hydrogens (tertiary/aromatic N) is 4. The zero-order valence-electron chi connectivity index (χ0n) is 23.3. The molecular formula is C31H34N4O6. The molecule has 0 amide bonds. The molecule has 1 unspecified atom stereocenters. The number of rotatable bonds is 9. The number of pyridine rings is 1. The number of carboxylic acid groups (broad SMARTS) is 1. The molecule has 2 aromatic heterocycles. The van der Waals surface area contributed by atoms with E-state index in [1.54, 1.807) is 6.07 Å². The van der Waals surface area contributed by atoms with Crippen LogP contribution in [-0.4, -0.2) is 70.3 Å². The normalized spacial score (nSPS) is 19.2. The summed E-state index contributed by atoms with van der Waals surface area (Å²) in [6.45, 7) is 7.24. The molecule has 1 aliphatic carbocycles. The van der Waals surface area contributed by atoms with Crippen molar-refractivity contribution >= 4 is 11.5 Å². The minimum absolute atomic E-state index is 0.0230. The van der Waals surface area contributed by atoms with Crippen LogP contribution in [0.25, 0.3) is 11.4 Å². The Morgan fingerprint density at radius 2 is 2.05 bits per heavy atom. The first-order valence-corrected chi connectivity index (χ1v) is 13.9.